The Hall–Kier alpha value is -3.46. The van der Waals surface area contributed by atoms with E-state index in [0.29, 0.717) is 5.82 Å². The van der Waals surface area contributed by atoms with Crippen LogP contribution in [0.5, 0.6) is 0 Å². The molecular weight excluding hydrogens is 398 g/mol. The van der Waals surface area contributed by atoms with Gasteiger partial charge in [0.15, 0.2) is 5.82 Å². The van der Waals surface area contributed by atoms with Crippen molar-refractivity contribution in [3.05, 3.63) is 64.2 Å². The smallest absolute Gasteiger partial charge is 0.320 e. The summed E-state index contributed by atoms with van der Waals surface area (Å²) in [5.41, 5.74) is 4.97. The maximum Gasteiger partial charge on any atom is 0.320 e. The number of fused-ring (bicyclic) bond motifs is 2. The number of nitrogens with one attached hydrogen (secondary N) is 3. The fraction of sp³-hybridized carbons (Fsp3) is 0.238. The summed E-state index contributed by atoms with van der Waals surface area (Å²) in [7, 11) is 0. The SMILES string of the molecule is CC(NC(=O)Nc1cc2[nH]nc(N3CCc4ncsc4C3)c2cn1)c1ccccc1. The van der Waals surface area contributed by atoms with Crippen molar-refractivity contribution in [1.29, 1.82) is 0 Å². The molecule has 9 heteroatoms. The van der Waals surface area contributed by atoms with Crippen LogP contribution in [0.4, 0.5) is 16.4 Å². The molecule has 1 atom stereocenters. The van der Waals surface area contributed by atoms with E-state index in [1.165, 1.54) is 10.6 Å². The number of pyridine rings is 1. The van der Waals surface area contributed by atoms with E-state index in [1.807, 2.05) is 42.8 Å². The lowest BCUT2D eigenvalue weighted by molar-refractivity contribution is 0.249. The number of urea groups is 1. The number of carbonyl (C=O) groups is 1. The van der Waals surface area contributed by atoms with Gasteiger partial charge in [-0.05, 0) is 12.5 Å². The molecule has 3 N–H and O–H groups in total. The van der Waals surface area contributed by atoms with Gasteiger partial charge >= 0.3 is 6.03 Å². The molecule has 2 amide bonds. The highest BCUT2D eigenvalue weighted by atomic mass is 32.1. The minimum Gasteiger partial charge on any atom is -0.349 e. The van der Waals surface area contributed by atoms with Gasteiger partial charge in [-0.3, -0.25) is 10.4 Å². The lowest BCUT2D eigenvalue weighted by Crippen LogP contribution is -2.31. The maximum absolute atomic E-state index is 12.4. The Morgan fingerprint density at radius 3 is 3.00 bits per heavy atom. The summed E-state index contributed by atoms with van der Waals surface area (Å²) >= 11 is 1.68. The molecule has 0 saturated carbocycles. The van der Waals surface area contributed by atoms with Crippen LogP contribution in [0.2, 0.25) is 0 Å². The number of carbonyl (C=O) groups excluding carboxylic acids is 1. The van der Waals surface area contributed by atoms with Crippen molar-refractivity contribution in [2.45, 2.75) is 25.9 Å². The van der Waals surface area contributed by atoms with Crippen LogP contribution < -0.4 is 15.5 Å². The number of aromatic amines is 1. The number of hydrogen-bond donors (Lipinski definition) is 3. The Kier molecular flexibility index (Phi) is 4.80. The summed E-state index contributed by atoms with van der Waals surface area (Å²) in [6, 6.07) is 11.2. The molecule has 30 heavy (non-hydrogen) atoms. The first kappa shape index (κ1) is 18.6. The molecule has 1 unspecified atom stereocenters. The van der Waals surface area contributed by atoms with Gasteiger partial charge in [-0.2, -0.15) is 5.10 Å². The molecule has 5 rings (SSSR count). The van der Waals surface area contributed by atoms with Gasteiger partial charge in [-0.15, -0.1) is 11.3 Å². The molecule has 0 bridgehead atoms. The second kappa shape index (κ2) is 7.75. The number of amides is 2. The van der Waals surface area contributed by atoms with Crippen LogP contribution >= 0.6 is 11.3 Å². The quantitative estimate of drug-likeness (QED) is 0.467. The van der Waals surface area contributed by atoms with E-state index >= 15 is 0 Å². The monoisotopic (exact) mass is 419 g/mol. The Morgan fingerprint density at radius 2 is 2.13 bits per heavy atom. The topological polar surface area (TPSA) is 98.8 Å². The largest absolute Gasteiger partial charge is 0.349 e. The van der Waals surface area contributed by atoms with Gasteiger partial charge in [0.05, 0.1) is 34.7 Å². The zero-order valence-electron chi connectivity index (χ0n) is 16.4. The molecule has 0 aliphatic carbocycles. The van der Waals surface area contributed by atoms with Crippen LogP contribution in [-0.4, -0.2) is 32.7 Å². The molecular formula is C21H21N7OS. The van der Waals surface area contributed by atoms with E-state index in [0.717, 1.165) is 41.8 Å². The van der Waals surface area contributed by atoms with Crippen molar-refractivity contribution in [2.24, 2.45) is 0 Å². The standard InChI is InChI=1S/C21H21N7OS/c1-13(14-5-3-2-4-6-14)24-21(29)25-19-9-17-15(10-22-19)20(27-26-17)28-8-7-16-18(11-28)30-12-23-16/h2-6,9-10,12-13H,7-8,11H2,1H3,(H,26,27)(H2,22,24,25,29). The minimum atomic E-state index is -0.299. The lowest BCUT2D eigenvalue weighted by Gasteiger charge is -2.26. The molecule has 1 aromatic carbocycles. The van der Waals surface area contributed by atoms with E-state index in [9.17, 15) is 4.79 Å². The van der Waals surface area contributed by atoms with Crippen LogP contribution in [0.1, 0.15) is 29.1 Å². The zero-order chi connectivity index (χ0) is 20.5. The van der Waals surface area contributed by atoms with Crippen LogP contribution in [-0.2, 0) is 13.0 Å². The summed E-state index contributed by atoms with van der Waals surface area (Å²) in [6.07, 6.45) is 2.67. The van der Waals surface area contributed by atoms with Crippen molar-refractivity contribution >= 4 is 39.9 Å². The second-order valence-corrected chi connectivity index (χ2v) is 8.23. The number of rotatable bonds is 4. The summed E-state index contributed by atoms with van der Waals surface area (Å²) < 4.78 is 0. The van der Waals surface area contributed by atoms with Gasteiger partial charge in [-0.1, -0.05) is 30.3 Å². The van der Waals surface area contributed by atoms with Crippen molar-refractivity contribution in [3.8, 4) is 0 Å². The zero-order valence-corrected chi connectivity index (χ0v) is 17.2. The third kappa shape index (κ3) is 3.59. The van der Waals surface area contributed by atoms with Crippen molar-refractivity contribution < 1.29 is 4.79 Å². The average Bonchev–Trinajstić information content (AvgIpc) is 3.40. The van der Waals surface area contributed by atoms with Gasteiger partial charge in [0, 0.05) is 30.1 Å². The molecule has 1 aliphatic rings. The number of nitrogens with zero attached hydrogens (tertiary/aromatic N) is 4. The summed E-state index contributed by atoms with van der Waals surface area (Å²) in [6.45, 7) is 3.62. The third-order valence-corrected chi connectivity index (χ3v) is 6.15. The Morgan fingerprint density at radius 1 is 1.27 bits per heavy atom. The summed E-state index contributed by atoms with van der Waals surface area (Å²) in [5, 5.41) is 14.2. The fourth-order valence-corrected chi connectivity index (χ4v) is 4.51. The first-order valence-electron chi connectivity index (χ1n) is 9.80. The van der Waals surface area contributed by atoms with Crippen LogP contribution in [0.3, 0.4) is 0 Å². The fourth-order valence-electron chi connectivity index (χ4n) is 3.68. The van der Waals surface area contributed by atoms with Gasteiger partial charge in [-0.25, -0.2) is 14.8 Å². The minimum absolute atomic E-state index is 0.107. The van der Waals surface area contributed by atoms with Crippen LogP contribution in [0, 0.1) is 0 Å². The van der Waals surface area contributed by atoms with Crippen molar-refractivity contribution in [2.75, 3.05) is 16.8 Å². The van der Waals surface area contributed by atoms with E-state index in [1.54, 1.807) is 23.6 Å². The highest BCUT2D eigenvalue weighted by molar-refractivity contribution is 7.09. The number of thiazole rings is 1. The number of hydrogen-bond acceptors (Lipinski definition) is 6. The molecule has 0 fully saturated rings. The van der Waals surface area contributed by atoms with E-state index in [-0.39, 0.29) is 12.1 Å². The Bertz CT molecular complexity index is 1190. The molecule has 3 aromatic heterocycles. The van der Waals surface area contributed by atoms with Crippen molar-refractivity contribution in [3.63, 3.8) is 0 Å². The Labute approximate surface area is 177 Å². The number of aromatic nitrogens is 4. The second-order valence-electron chi connectivity index (χ2n) is 7.29. The number of anilines is 2. The molecule has 0 spiro atoms. The molecule has 1 aliphatic heterocycles. The molecule has 0 radical (unpaired) electrons. The Balaban J connectivity index is 1.29. The van der Waals surface area contributed by atoms with Gasteiger partial charge in [0.25, 0.3) is 0 Å². The molecule has 152 valence electrons. The predicted molar refractivity (Wildman–Crippen MR) is 118 cm³/mol. The predicted octanol–water partition coefficient (Wildman–Crippen LogP) is 3.86. The van der Waals surface area contributed by atoms with Gasteiger partial charge in [0.2, 0.25) is 0 Å². The number of H-pyrrole nitrogens is 1. The normalized spacial score (nSPS) is 14.4. The van der Waals surface area contributed by atoms with Crippen molar-refractivity contribution in [1.82, 2.24) is 25.5 Å². The molecule has 8 nitrogen and oxygen atoms in total. The first-order valence-corrected chi connectivity index (χ1v) is 10.7. The van der Waals surface area contributed by atoms with Crippen LogP contribution in [0.25, 0.3) is 10.9 Å². The first-order chi connectivity index (χ1) is 14.7. The van der Waals surface area contributed by atoms with E-state index < -0.39 is 0 Å². The summed E-state index contributed by atoms with van der Waals surface area (Å²) in [5.74, 6) is 1.35. The van der Waals surface area contributed by atoms with Crippen LogP contribution in [0.15, 0.2) is 48.1 Å². The molecule has 4 aromatic rings. The lowest BCUT2D eigenvalue weighted by atomic mass is 10.1. The highest BCUT2D eigenvalue weighted by Gasteiger charge is 2.22. The van der Waals surface area contributed by atoms with Gasteiger partial charge < -0.3 is 10.2 Å². The third-order valence-electron chi connectivity index (χ3n) is 5.29. The molecule has 4 heterocycles. The average molecular weight is 420 g/mol. The van der Waals surface area contributed by atoms with E-state index in [2.05, 4.69) is 35.7 Å². The maximum atomic E-state index is 12.4. The molecule has 0 saturated heterocycles. The summed E-state index contributed by atoms with van der Waals surface area (Å²) in [4.78, 5) is 24.7. The highest BCUT2D eigenvalue weighted by Crippen LogP contribution is 2.30. The number of benzene rings is 1. The van der Waals surface area contributed by atoms with E-state index in [4.69, 9.17) is 0 Å². The van der Waals surface area contributed by atoms with Gasteiger partial charge in [0.1, 0.15) is 5.82 Å².